The molecule has 2 aromatic heterocycles. The van der Waals surface area contributed by atoms with Crippen molar-refractivity contribution in [2.24, 2.45) is 0 Å². The zero-order chi connectivity index (χ0) is 14.7. The molecule has 2 aromatic rings. The second kappa shape index (κ2) is 6.27. The number of hydrogen-bond donors (Lipinski definition) is 3. The summed E-state index contributed by atoms with van der Waals surface area (Å²) in [5.41, 5.74) is 1.94. The van der Waals surface area contributed by atoms with E-state index in [1.54, 1.807) is 18.6 Å². The quantitative estimate of drug-likeness (QED) is 0.681. The van der Waals surface area contributed by atoms with Gasteiger partial charge in [-0.15, -0.1) is 11.3 Å². The van der Waals surface area contributed by atoms with Crippen molar-refractivity contribution in [2.75, 3.05) is 6.54 Å². The highest BCUT2D eigenvalue weighted by atomic mass is 32.2. The molecule has 0 aromatic carbocycles. The van der Waals surface area contributed by atoms with E-state index in [1.807, 2.05) is 5.38 Å². The number of nitrogens with zero attached hydrogens (tertiary/aromatic N) is 1. The van der Waals surface area contributed by atoms with Gasteiger partial charge in [0.05, 0.1) is 6.33 Å². The number of hydrogen-bond acceptors (Lipinski definition) is 5. The second-order valence-corrected chi connectivity index (χ2v) is 8.06. The average Bonchev–Trinajstić information content (AvgIpc) is 2.93. The SMILES string of the molecule is O=S(=O)(NCCc1cnc[nH]1)c1cc(CNC2CC2)cs1. The Morgan fingerprint density at radius 1 is 1.43 bits per heavy atom. The molecule has 2 heterocycles. The van der Waals surface area contributed by atoms with Crippen LogP contribution in [0.4, 0.5) is 0 Å². The number of H-pyrrole nitrogens is 1. The molecule has 21 heavy (non-hydrogen) atoms. The van der Waals surface area contributed by atoms with Gasteiger partial charge in [-0.2, -0.15) is 0 Å². The van der Waals surface area contributed by atoms with E-state index in [-0.39, 0.29) is 0 Å². The highest BCUT2D eigenvalue weighted by Crippen LogP contribution is 2.22. The summed E-state index contributed by atoms with van der Waals surface area (Å²) in [5.74, 6) is 0. The zero-order valence-electron chi connectivity index (χ0n) is 11.5. The van der Waals surface area contributed by atoms with E-state index in [2.05, 4.69) is 20.0 Å². The predicted octanol–water partition coefficient (Wildman–Crippen LogP) is 1.24. The Bertz CT molecular complexity index is 675. The molecular formula is C13H18N4O2S2. The van der Waals surface area contributed by atoms with Crippen LogP contribution in [0.1, 0.15) is 24.1 Å². The van der Waals surface area contributed by atoms with E-state index in [4.69, 9.17) is 0 Å². The molecule has 1 aliphatic rings. The highest BCUT2D eigenvalue weighted by molar-refractivity contribution is 7.91. The summed E-state index contributed by atoms with van der Waals surface area (Å²) in [6.07, 6.45) is 6.33. The van der Waals surface area contributed by atoms with Crippen LogP contribution in [0, 0.1) is 0 Å². The van der Waals surface area contributed by atoms with Crippen molar-refractivity contribution in [1.29, 1.82) is 0 Å². The molecule has 114 valence electrons. The maximum absolute atomic E-state index is 12.2. The van der Waals surface area contributed by atoms with Gasteiger partial charge in [-0.3, -0.25) is 0 Å². The second-order valence-electron chi connectivity index (χ2n) is 5.15. The van der Waals surface area contributed by atoms with Gasteiger partial charge in [0, 0.05) is 37.4 Å². The standard InChI is InChI=1S/C13H18N4O2S2/c18-21(19,17-4-3-12-7-14-9-16-12)13-5-10(8-20-13)6-15-11-1-2-11/h5,7-9,11,15,17H,1-4,6H2,(H,14,16). The van der Waals surface area contributed by atoms with E-state index in [1.165, 1.54) is 24.2 Å². The number of sulfonamides is 1. The molecular weight excluding hydrogens is 308 g/mol. The highest BCUT2D eigenvalue weighted by Gasteiger charge is 2.21. The van der Waals surface area contributed by atoms with Gasteiger partial charge in [0.15, 0.2) is 0 Å². The third-order valence-corrected chi connectivity index (χ3v) is 6.26. The molecule has 1 aliphatic carbocycles. The maximum Gasteiger partial charge on any atom is 0.250 e. The number of aromatic nitrogens is 2. The van der Waals surface area contributed by atoms with Crippen LogP contribution in [-0.4, -0.2) is 31.0 Å². The first-order valence-corrected chi connectivity index (χ1v) is 9.27. The van der Waals surface area contributed by atoms with Crippen molar-refractivity contribution in [3.63, 3.8) is 0 Å². The van der Waals surface area contributed by atoms with Gasteiger partial charge < -0.3 is 10.3 Å². The molecule has 0 bridgehead atoms. The lowest BCUT2D eigenvalue weighted by Gasteiger charge is -2.03. The number of nitrogens with one attached hydrogen (secondary N) is 3. The maximum atomic E-state index is 12.2. The normalized spacial score (nSPS) is 15.4. The third kappa shape index (κ3) is 4.13. The molecule has 3 rings (SSSR count). The summed E-state index contributed by atoms with van der Waals surface area (Å²) >= 11 is 1.27. The summed E-state index contributed by atoms with van der Waals surface area (Å²) < 4.78 is 27.3. The summed E-state index contributed by atoms with van der Waals surface area (Å²) in [5, 5.41) is 5.28. The van der Waals surface area contributed by atoms with E-state index < -0.39 is 10.0 Å². The molecule has 0 aliphatic heterocycles. The van der Waals surface area contributed by atoms with Crippen LogP contribution in [0.15, 0.2) is 28.2 Å². The van der Waals surface area contributed by atoms with Gasteiger partial charge in [0.25, 0.3) is 0 Å². The molecule has 0 radical (unpaired) electrons. The van der Waals surface area contributed by atoms with Crippen LogP contribution in [-0.2, 0) is 23.0 Å². The van der Waals surface area contributed by atoms with Crippen molar-refractivity contribution in [2.45, 2.75) is 36.1 Å². The smallest absolute Gasteiger partial charge is 0.250 e. The van der Waals surface area contributed by atoms with Crippen LogP contribution in [0.5, 0.6) is 0 Å². The molecule has 0 amide bonds. The van der Waals surface area contributed by atoms with Crippen LogP contribution in [0.3, 0.4) is 0 Å². The number of thiophene rings is 1. The summed E-state index contributed by atoms with van der Waals surface area (Å²) in [6.45, 7) is 1.10. The minimum Gasteiger partial charge on any atom is -0.348 e. The van der Waals surface area contributed by atoms with Crippen LogP contribution < -0.4 is 10.0 Å². The lowest BCUT2D eigenvalue weighted by atomic mass is 10.3. The molecule has 3 N–H and O–H groups in total. The summed E-state index contributed by atoms with van der Waals surface area (Å²) in [4.78, 5) is 6.85. The molecule has 1 saturated carbocycles. The monoisotopic (exact) mass is 326 g/mol. The van der Waals surface area contributed by atoms with Gasteiger partial charge in [-0.25, -0.2) is 18.1 Å². The van der Waals surface area contributed by atoms with Gasteiger partial charge in [0.1, 0.15) is 4.21 Å². The Morgan fingerprint density at radius 2 is 2.29 bits per heavy atom. The first-order chi connectivity index (χ1) is 10.1. The van der Waals surface area contributed by atoms with Gasteiger partial charge >= 0.3 is 0 Å². The molecule has 1 fully saturated rings. The van der Waals surface area contributed by atoms with Crippen LogP contribution >= 0.6 is 11.3 Å². The minimum absolute atomic E-state index is 0.359. The Kier molecular flexibility index (Phi) is 4.39. The Morgan fingerprint density at radius 3 is 3.00 bits per heavy atom. The van der Waals surface area contributed by atoms with E-state index in [0.717, 1.165) is 17.8 Å². The molecule has 0 unspecified atom stereocenters. The molecule has 0 atom stereocenters. The van der Waals surface area contributed by atoms with Crippen molar-refractivity contribution < 1.29 is 8.42 Å². The van der Waals surface area contributed by atoms with Crippen molar-refractivity contribution in [3.05, 3.63) is 35.2 Å². The van der Waals surface area contributed by atoms with Crippen molar-refractivity contribution in [3.8, 4) is 0 Å². The molecule has 0 saturated heterocycles. The predicted molar refractivity (Wildman–Crippen MR) is 81.7 cm³/mol. The van der Waals surface area contributed by atoms with Gasteiger partial charge in [0.2, 0.25) is 10.0 Å². The fourth-order valence-corrected chi connectivity index (χ4v) is 4.23. The average molecular weight is 326 g/mol. The molecule has 6 nitrogen and oxygen atoms in total. The number of imidazole rings is 1. The Balaban J connectivity index is 1.53. The fraction of sp³-hybridized carbons (Fsp3) is 0.462. The van der Waals surface area contributed by atoms with Crippen molar-refractivity contribution in [1.82, 2.24) is 20.0 Å². The largest absolute Gasteiger partial charge is 0.348 e. The summed E-state index contributed by atoms with van der Waals surface area (Å²) in [7, 11) is -3.41. The molecule has 0 spiro atoms. The lowest BCUT2D eigenvalue weighted by molar-refractivity contribution is 0.583. The van der Waals surface area contributed by atoms with E-state index >= 15 is 0 Å². The van der Waals surface area contributed by atoms with Gasteiger partial charge in [-0.05, 0) is 29.9 Å². The van der Waals surface area contributed by atoms with E-state index in [0.29, 0.717) is 23.2 Å². The topological polar surface area (TPSA) is 86.9 Å². The minimum atomic E-state index is -3.41. The zero-order valence-corrected chi connectivity index (χ0v) is 13.1. The van der Waals surface area contributed by atoms with Gasteiger partial charge in [-0.1, -0.05) is 0 Å². The Labute approximate surface area is 128 Å². The van der Waals surface area contributed by atoms with Crippen LogP contribution in [0.25, 0.3) is 0 Å². The third-order valence-electron chi connectivity index (χ3n) is 3.31. The molecule has 8 heteroatoms. The fourth-order valence-electron chi connectivity index (χ4n) is 1.95. The Hall–Kier alpha value is -1.22. The van der Waals surface area contributed by atoms with Crippen molar-refractivity contribution >= 4 is 21.4 Å². The number of aromatic amines is 1. The first kappa shape index (κ1) is 14.7. The first-order valence-electron chi connectivity index (χ1n) is 6.91. The summed E-state index contributed by atoms with van der Waals surface area (Å²) in [6, 6.07) is 2.37. The number of rotatable bonds is 8. The van der Waals surface area contributed by atoms with E-state index in [9.17, 15) is 8.42 Å². The lowest BCUT2D eigenvalue weighted by Crippen LogP contribution is -2.25. The van der Waals surface area contributed by atoms with Crippen LogP contribution in [0.2, 0.25) is 0 Å².